The number of allylic oxidation sites excluding steroid dienone is 2. The van der Waals surface area contributed by atoms with Crippen LogP contribution in [0.15, 0.2) is 12.2 Å². The van der Waals surface area contributed by atoms with Crippen LogP contribution >= 0.6 is 0 Å². The summed E-state index contributed by atoms with van der Waals surface area (Å²) in [7, 11) is 0. The Kier molecular flexibility index (Phi) is 1.79. The normalized spacial score (nSPS) is 65.6. The number of hydrogen-bond acceptors (Lipinski definition) is 0. The predicted octanol–water partition coefficient (Wildman–Crippen LogP) is 3.98. The van der Waals surface area contributed by atoms with E-state index in [0.29, 0.717) is 0 Å². The lowest BCUT2D eigenvalue weighted by molar-refractivity contribution is 0.146. The van der Waals surface area contributed by atoms with Crippen molar-refractivity contribution in [3.05, 3.63) is 12.2 Å². The van der Waals surface area contributed by atoms with Crippen LogP contribution in [0.1, 0.15) is 33.6 Å². The quantitative estimate of drug-likeness (QED) is 0.459. The summed E-state index contributed by atoms with van der Waals surface area (Å²) in [5.74, 6) is 9.36. The predicted molar refractivity (Wildman–Crippen MR) is 66.8 cm³/mol. The molecule has 3 fully saturated rings. The maximum atomic E-state index is 2.58. The molecule has 4 rings (SSSR count). The third kappa shape index (κ3) is 0.866. The van der Waals surface area contributed by atoms with Gasteiger partial charge in [0.1, 0.15) is 0 Å². The molecule has 0 radical (unpaired) electrons. The monoisotopic (exact) mass is 216 g/mol. The SMILES string of the molecule is CCC1CC2C(C)C1C1C3C=CC(C3C)C21. The zero-order chi connectivity index (χ0) is 11.0. The van der Waals surface area contributed by atoms with Gasteiger partial charge in [-0.25, -0.2) is 0 Å². The molecule has 9 unspecified atom stereocenters. The van der Waals surface area contributed by atoms with Crippen molar-refractivity contribution in [2.24, 2.45) is 53.3 Å². The molecule has 0 heterocycles. The van der Waals surface area contributed by atoms with Crippen LogP contribution in [0.3, 0.4) is 0 Å². The van der Waals surface area contributed by atoms with Crippen molar-refractivity contribution < 1.29 is 0 Å². The van der Waals surface area contributed by atoms with Gasteiger partial charge in [0.15, 0.2) is 0 Å². The highest BCUT2D eigenvalue weighted by atomic mass is 14.7. The van der Waals surface area contributed by atoms with Crippen molar-refractivity contribution >= 4 is 0 Å². The lowest BCUT2D eigenvalue weighted by Gasteiger charge is -2.36. The molecule has 0 aromatic heterocycles. The van der Waals surface area contributed by atoms with Crippen LogP contribution in [-0.4, -0.2) is 0 Å². The van der Waals surface area contributed by atoms with Gasteiger partial charge >= 0.3 is 0 Å². The van der Waals surface area contributed by atoms with E-state index in [-0.39, 0.29) is 0 Å². The van der Waals surface area contributed by atoms with E-state index >= 15 is 0 Å². The zero-order valence-electron chi connectivity index (χ0n) is 10.8. The standard InChI is InChI=1S/C16H24/c1-4-10-7-13-9(3)14(10)16-12-6-5-11(8(12)2)15(13)16/h5-6,8-16H,4,7H2,1-3H3. The van der Waals surface area contributed by atoms with Crippen molar-refractivity contribution in [3.63, 3.8) is 0 Å². The van der Waals surface area contributed by atoms with E-state index in [1.165, 1.54) is 6.42 Å². The summed E-state index contributed by atoms with van der Waals surface area (Å²) in [6, 6.07) is 0. The molecule has 3 saturated carbocycles. The Bertz CT molecular complexity index is 342. The lowest BCUT2D eigenvalue weighted by Crippen LogP contribution is -2.30. The van der Waals surface area contributed by atoms with E-state index in [2.05, 4.69) is 32.9 Å². The van der Waals surface area contributed by atoms with Gasteiger partial charge in [-0.2, -0.15) is 0 Å². The van der Waals surface area contributed by atoms with E-state index in [0.717, 1.165) is 53.3 Å². The second-order valence-corrected chi connectivity index (χ2v) is 7.06. The minimum atomic E-state index is 0.960. The maximum Gasteiger partial charge on any atom is -0.0168 e. The topological polar surface area (TPSA) is 0 Å². The molecule has 0 aromatic rings. The Hall–Kier alpha value is -0.260. The minimum absolute atomic E-state index is 0.960. The van der Waals surface area contributed by atoms with E-state index in [4.69, 9.17) is 0 Å². The maximum absolute atomic E-state index is 2.58. The largest absolute Gasteiger partial charge is 0.0845 e. The number of rotatable bonds is 1. The summed E-state index contributed by atoms with van der Waals surface area (Å²) in [6.07, 6.45) is 8.15. The fraction of sp³-hybridized carbons (Fsp3) is 0.875. The summed E-state index contributed by atoms with van der Waals surface area (Å²) >= 11 is 0. The fourth-order valence-electron chi connectivity index (χ4n) is 6.47. The van der Waals surface area contributed by atoms with Gasteiger partial charge in [0.2, 0.25) is 0 Å². The highest BCUT2D eigenvalue weighted by molar-refractivity contribution is 5.23. The van der Waals surface area contributed by atoms with E-state index in [1.807, 2.05) is 0 Å². The minimum Gasteiger partial charge on any atom is -0.0845 e. The second-order valence-electron chi connectivity index (χ2n) is 7.06. The molecular formula is C16H24. The van der Waals surface area contributed by atoms with Gasteiger partial charge in [-0.3, -0.25) is 0 Å². The first kappa shape index (κ1) is 9.74. The average molecular weight is 216 g/mol. The van der Waals surface area contributed by atoms with Crippen LogP contribution in [0.4, 0.5) is 0 Å². The molecule has 0 aromatic carbocycles. The van der Waals surface area contributed by atoms with E-state index in [1.54, 1.807) is 6.42 Å². The molecule has 0 nitrogen and oxygen atoms in total. The summed E-state index contributed by atoms with van der Waals surface area (Å²) in [4.78, 5) is 0. The van der Waals surface area contributed by atoms with Crippen LogP contribution in [0, 0.1) is 53.3 Å². The van der Waals surface area contributed by atoms with Gasteiger partial charge < -0.3 is 0 Å². The molecule has 4 aliphatic rings. The average Bonchev–Trinajstić information content (AvgIpc) is 2.97. The Labute approximate surface area is 99.5 Å². The van der Waals surface area contributed by atoms with E-state index in [9.17, 15) is 0 Å². The molecule has 0 saturated heterocycles. The molecule has 4 bridgehead atoms. The van der Waals surface area contributed by atoms with Crippen molar-refractivity contribution in [2.45, 2.75) is 33.6 Å². The van der Waals surface area contributed by atoms with Crippen LogP contribution in [-0.2, 0) is 0 Å². The van der Waals surface area contributed by atoms with Crippen LogP contribution in [0.25, 0.3) is 0 Å². The van der Waals surface area contributed by atoms with Crippen molar-refractivity contribution in [2.75, 3.05) is 0 Å². The second kappa shape index (κ2) is 2.94. The molecule has 0 N–H and O–H groups in total. The lowest BCUT2D eigenvalue weighted by atomic mass is 9.69. The molecule has 9 atom stereocenters. The van der Waals surface area contributed by atoms with Gasteiger partial charge in [0.25, 0.3) is 0 Å². The first-order valence-electron chi connectivity index (χ1n) is 7.42. The van der Waals surface area contributed by atoms with Crippen LogP contribution in [0.5, 0.6) is 0 Å². The molecule has 0 aliphatic heterocycles. The van der Waals surface area contributed by atoms with Crippen LogP contribution < -0.4 is 0 Å². The van der Waals surface area contributed by atoms with Gasteiger partial charge in [-0.1, -0.05) is 39.3 Å². The van der Waals surface area contributed by atoms with Gasteiger partial charge in [0, 0.05) is 0 Å². The van der Waals surface area contributed by atoms with Crippen LogP contribution in [0.2, 0.25) is 0 Å². The Morgan fingerprint density at radius 1 is 0.938 bits per heavy atom. The van der Waals surface area contributed by atoms with E-state index < -0.39 is 0 Å². The Balaban J connectivity index is 1.75. The van der Waals surface area contributed by atoms with Crippen molar-refractivity contribution in [3.8, 4) is 0 Å². The summed E-state index contributed by atoms with van der Waals surface area (Å²) in [5.41, 5.74) is 0. The molecule has 16 heavy (non-hydrogen) atoms. The summed E-state index contributed by atoms with van der Waals surface area (Å²) in [5, 5.41) is 0. The highest BCUT2D eigenvalue weighted by Crippen LogP contribution is 2.70. The summed E-state index contributed by atoms with van der Waals surface area (Å²) in [6.45, 7) is 7.49. The summed E-state index contributed by atoms with van der Waals surface area (Å²) < 4.78 is 0. The first-order chi connectivity index (χ1) is 7.74. The Morgan fingerprint density at radius 2 is 1.62 bits per heavy atom. The first-order valence-corrected chi connectivity index (χ1v) is 7.42. The van der Waals surface area contributed by atoms with Crippen molar-refractivity contribution in [1.82, 2.24) is 0 Å². The number of hydrogen-bond donors (Lipinski definition) is 0. The Morgan fingerprint density at radius 3 is 2.31 bits per heavy atom. The highest BCUT2D eigenvalue weighted by Gasteiger charge is 2.65. The fourth-order valence-corrected chi connectivity index (χ4v) is 6.47. The van der Waals surface area contributed by atoms with Gasteiger partial charge in [-0.15, -0.1) is 0 Å². The number of fused-ring (bicyclic) bond motifs is 9. The molecular weight excluding hydrogens is 192 g/mol. The molecule has 4 aliphatic carbocycles. The van der Waals surface area contributed by atoms with Gasteiger partial charge in [-0.05, 0) is 59.7 Å². The smallest absolute Gasteiger partial charge is 0.0168 e. The molecule has 0 spiro atoms. The zero-order valence-corrected chi connectivity index (χ0v) is 10.8. The van der Waals surface area contributed by atoms with Crippen molar-refractivity contribution in [1.29, 1.82) is 0 Å². The third-order valence-electron chi connectivity index (χ3n) is 6.97. The molecule has 88 valence electrons. The molecule has 0 heteroatoms. The molecule has 0 amide bonds. The van der Waals surface area contributed by atoms with Gasteiger partial charge in [0.05, 0.1) is 0 Å². The third-order valence-corrected chi connectivity index (χ3v) is 6.97.